The highest BCUT2D eigenvalue weighted by molar-refractivity contribution is 5.91. The largest absolute Gasteiger partial charge is 0.463 e. The van der Waals surface area contributed by atoms with Crippen LogP contribution in [0, 0.1) is 11.3 Å². The molecule has 0 aromatic rings. The van der Waals surface area contributed by atoms with E-state index in [-0.39, 0.29) is 41.3 Å². The average Bonchev–Trinajstić information content (AvgIpc) is 2.78. The SMILES string of the molecule is CCOC(=O)C(C)=C[C@H](C(C)C)N(C)C(=O)[C@@H](NC(=O)C1CCCCN1C(C)(C)CC)C(C)(C)C. The van der Waals surface area contributed by atoms with Crippen LogP contribution in [0.1, 0.15) is 94.9 Å². The molecule has 35 heavy (non-hydrogen) atoms. The lowest BCUT2D eigenvalue weighted by Crippen LogP contribution is -2.62. The Hall–Kier alpha value is -1.89. The van der Waals surface area contributed by atoms with E-state index in [1.807, 2.05) is 34.6 Å². The molecule has 1 unspecified atom stereocenters. The average molecular weight is 494 g/mol. The molecule has 202 valence electrons. The van der Waals surface area contributed by atoms with E-state index in [9.17, 15) is 14.4 Å². The van der Waals surface area contributed by atoms with Crippen molar-refractivity contribution in [2.24, 2.45) is 11.3 Å². The molecule has 0 spiro atoms. The van der Waals surface area contributed by atoms with Crippen molar-refractivity contribution in [2.45, 2.75) is 119 Å². The molecule has 0 aliphatic carbocycles. The number of ether oxygens (including phenoxy) is 1. The maximum Gasteiger partial charge on any atom is 0.333 e. The summed E-state index contributed by atoms with van der Waals surface area (Å²) in [6, 6.07) is -1.24. The summed E-state index contributed by atoms with van der Waals surface area (Å²) in [6.07, 6.45) is 5.64. The number of carbonyl (C=O) groups excluding carboxylic acids is 3. The first-order chi connectivity index (χ1) is 16.1. The van der Waals surface area contributed by atoms with Crippen LogP contribution in [0.4, 0.5) is 0 Å². The number of amides is 2. The number of hydrogen-bond donors (Lipinski definition) is 1. The minimum absolute atomic E-state index is 0.0730. The van der Waals surface area contributed by atoms with Gasteiger partial charge in [-0.25, -0.2) is 4.79 Å². The zero-order valence-corrected chi connectivity index (χ0v) is 24.2. The maximum atomic E-state index is 13.8. The third-order valence-electron chi connectivity index (χ3n) is 7.34. The Morgan fingerprint density at radius 1 is 1.11 bits per heavy atom. The lowest BCUT2D eigenvalue weighted by Gasteiger charge is -2.46. The molecule has 7 nitrogen and oxygen atoms in total. The van der Waals surface area contributed by atoms with Crippen molar-refractivity contribution >= 4 is 17.8 Å². The second-order valence-corrected chi connectivity index (χ2v) is 11.9. The van der Waals surface area contributed by atoms with Gasteiger partial charge in [-0.2, -0.15) is 0 Å². The fourth-order valence-electron chi connectivity index (χ4n) is 4.69. The molecule has 0 aromatic carbocycles. The molecule has 0 radical (unpaired) electrons. The highest BCUT2D eigenvalue weighted by atomic mass is 16.5. The summed E-state index contributed by atoms with van der Waals surface area (Å²) in [6.45, 7) is 21.1. The van der Waals surface area contributed by atoms with Crippen molar-refractivity contribution in [2.75, 3.05) is 20.2 Å². The highest BCUT2D eigenvalue weighted by Crippen LogP contribution is 2.30. The molecule has 0 saturated carbocycles. The van der Waals surface area contributed by atoms with Gasteiger partial charge in [-0.3, -0.25) is 14.5 Å². The van der Waals surface area contributed by atoms with Gasteiger partial charge in [0.25, 0.3) is 0 Å². The molecular weight excluding hydrogens is 442 g/mol. The molecule has 3 atom stereocenters. The third-order valence-corrected chi connectivity index (χ3v) is 7.34. The maximum absolute atomic E-state index is 13.8. The fourth-order valence-corrected chi connectivity index (χ4v) is 4.69. The van der Waals surface area contributed by atoms with E-state index in [0.29, 0.717) is 12.2 Å². The minimum Gasteiger partial charge on any atom is -0.463 e. The van der Waals surface area contributed by atoms with Gasteiger partial charge in [0.1, 0.15) is 6.04 Å². The molecule has 2 amide bonds. The second kappa shape index (κ2) is 12.9. The van der Waals surface area contributed by atoms with Crippen LogP contribution in [0.2, 0.25) is 0 Å². The highest BCUT2D eigenvalue weighted by Gasteiger charge is 2.41. The molecule has 1 rings (SSSR count). The van der Waals surface area contributed by atoms with E-state index < -0.39 is 11.5 Å². The Balaban J connectivity index is 3.21. The van der Waals surface area contributed by atoms with Crippen LogP contribution < -0.4 is 5.32 Å². The topological polar surface area (TPSA) is 79.0 Å². The van der Waals surface area contributed by atoms with E-state index in [0.717, 1.165) is 32.2 Å². The standard InChI is InChI=1S/C28H51N3O4/c1-12-28(9,10)31-17-15-14-16-21(31)24(32)29-23(27(6,7)8)25(33)30(11)22(19(3)4)18-20(5)26(34)35-13-2/h18-19,21-23H,12-17H2,1-11H3,(H,29,32)/t21?,22-,23-/m1/s1. The van der Waals surface area contributed by atoms with Crippen LogP contribution in [-0.2, 0) is 19.1 Å². The quantitative estimate of drug-likeness (QED) is 0.357. The van der Waals surface area contributed by atoms with Gasteiger partial charge in [0.05, 0.1) is 18.7 Å². The number of likely N-dealkylation sites (N-methyl/N-ethyl adjacent to an activating group) is 1. The predicted octanol–water partition coefficient (Wildman–Crippen LogP) is 4.55. The van der Waals surface area contributed by atoms with Crippen LogP contribution in [0.15, 0.2) is 11.6 Å². The van der Waals surface area contributed by atoms with Crippen LogP contribution in [0.5, 0.6) is 0 Å². The van der Waals surface area contributed by atoms with Crippen molar-refractivity contribution in [1.82, 2.24) is 15.1 Å². The molecule has 1 fully saturated rings. The van der Waals surface area contributed by atoms with Gasteiger partial charge in [0.15, 0.2) is 0 Å². The predicted molar refractivity (Wildman–Crippen MR) is 142 cm³/mol. The number of hydrogen-bond acceptors (Lipinski definition) is 5. The number of esters is 1. The Labute approximate surface area is 214 Å². The summed E-state index contributed by atoms with van der Waals surface area (Å²) in [4.78, 5) is 43.6. The number of carbonyl (C=O) groups is 3. The zero-order valence-electron chi connectivity index (χ0n) is 24.2. The minimum atomic E-state index is -0.689. The van der Waals surface area contributed by atoms with Gasteiger partial charge in [-0.05, 0) is 64.8 Å². The van der Waals surface area contributed by atoms with Gasteiger partial charge in [0.2, 0.25) is 11.8 Å². The van der Waals surface area contributed by atoms with E-state index in [1.54, 1.807) is 31.9 Å². The summed E-state index contributed by atoms with van der Waals surface area (Å²) >= 11 is 0. The van der Waals surface area contributed by atoms with Crippen molar-refractivity contribution < 1.29 is 19.1 Å². The van der Waals surface area contributed by atoms with Gasteiger partial charge in [0, 0.05) is 18.2 Å². The molecule has 1 aliphatic rings. The van der Waals surface area contributed by atoms with Crippen molar-refractivity contribution in [3.63, 3.8) is 0 Å². The van der Waals surface area contributed by atoms with Crippen molar-refractivity contribution in [3.05, 3.63) is 11.6 Å². The Bertz CT molecular complexity index is 767. The third kappa shape index (κ3) is 8.33. The lowest BCUT2D eigenvalue weighted by atomic mass is 9.84. The summed E-state index contributed by atoms with van der Waals surface area (Å²) < 4.78 is 5.12. The summed E-state index contributed by atoms with van der Waals surface area (Å²) in [5.41, 5.74) is -0.0953. The van der Waals surface area contributed by atoms with Gasteiger partial charge < -0.3 is 15.0 Å². The number of nitrogens with one attached hydrogen (secondary N) is 1. The number of nitrogens with zero attached hydrogens (tertiary/aromatic N) is 2. The summed E-state index contributed by atoms with van der Waals surface area (Å²) in [5.74, 6) is -0.541. The Kier molecular flexibility index (Phi) is 11.5. The summed E-state index contributed by atoms with van der Waals surface area (Å²) in [5, 5.41) is 3.14. The van der Waals surface area contributed by atoms with Crippen LogP contribution in [0.25, 0.3) is 0 Å². The first-order valence-corrected chi connectivity index (χ1v) is 13.3. The fraction of sp³-hybridized carbons (Fsp3) is 0.821. The van der Waals surface area contributed by atoms with Gasteiger partial charge >= 0.3 is 5.97 Å². The van der Waals surface area contributed by atoms with E-state index >= 15 is 0 Å². The number of rotatable bonds is 10. The first kappa shape index (κ1) is 31.1. The normalized spacial score (nSPS) is 19.8. The zero-order chi connectivity index (χ0) is 27.1. The van der Waals surface area contributed by atoms with Crippen LogP contribution >= 0.6 is 0 Å². The van der Waals surface area contributed by atoms with Crippen molar-refractivity contribution in [1.29, 1.82) is 0 Å². The van der Waals surface area contributed by atoms with Gasteiger partial charge in [-0.1, -0.05) is 54.0 Å². The molecule has 1 aliphatic heterocycles. The number of piperidine rings is 1. The van der Waals surface area contributed by atoms with E-state index in [4.69, 9.17) is 4.74 Å². The Morgan fingerprint density at radius 3 is 2.20 bits per heavy atom. The number of likely N-dealkylation sites (tertiary alicyclic amines) is 1. The molecule has 1 heterocycles. The van der Waals surface area contributed by atoms with E-state index in [2.05, 4.69) is 31.0 Å². The van der Waals surface area contributed by atoms with Crippen LogP contribution in [-0.4, -0.2) is 71.4 Å². The smallest absolute Gasteiger partial charge is 0.333 e. The first-order valence-electron chi connectivity index (χ1n) is 13.3. The molecule has 7 heteroatoms. The second-order valence-electron chi connectivity index (χ2n) is 11.9. The van der Waals surface area contributed by atoms with Crippen molar-refractivity contribution in [3.8, 4) is 0 Å². The molecule has 1 N–H and O–H groups in total. The molecule has 0 bridgehead atoms. The molecule has 0 aromatic heterocycles. The summed E-state index contributed by atoms with van der Waals surface area (Å²) in [7, 11) is 1.75. The van der Waals surface area contributed by atoms with E-state index in [1.165, 1.54) is 0 Å². The Morgan fingerprint density at radius 2 is 1.71 bits per heavy atom. The molecular formula is C28H51N3O4. The monoisotopic (exact) mass is 493 g/mol. The van der Waals surface area contributed by atoms with Crippen LogP contribution in [0.3, 0.4) is 0 Å². The molecule has 1 saturated heterocycles. The van der Waals surface area contributed by atoms with Gasteiger partial charge in [-0.15, -0.1) is 0 Å². The lowest BCUT2D eigenvalue weighted by molar-refractivity contribution is -0.143.